The molecule has 0 amide bonds. The van der Waals surface area contributed by atoms with Gasteiger partial charge in [0.05, 0.1) is 0 Å². The number of nitrogens with zero attached hydrogens (tertiary/aromatic N) is 1. The number of rotatable bonds is 4. The molecule has 0 aromatic rings. The van der Waals surface area contributed by atoms with Crippen LogP contribution in [0.3, 0.4) is 0 Å². The fourth-order valence-corrected chi connectivity index (χ4v) is 4.62. The lowest BCUT2D eigenvalue weighted by Gasteiger charge is -2.49. The minimum atomic E-state index is 0.317. The lowest BCUT2D eigenvalue weighted by atomic mass is 9.73. The molecule has 1 saturated heterocycles. The predicted octanol–water partition coefficient (Wildman–Crippen LogP) is 3.80. The third-order valence-corrected chi connectivity index (χ3v) is 6.45. The Morgan fingerprint density at radius 2 is 1.53 bits per heavy atom. The van der Waals surface area contributed by atoms with Crippen LogP contribution in [-0.4, -0.2) is 30.1 Å². The standard InChI is InChI=1S/C17H34N2/c1-5-16(6-2)9-11-19(12-10-16)17(14-18)8-7-15(3,4)13-17/h5-14,18H2,1-4H3. The monoisotopic (exact) mass is 266 g/mol. The van der Waals surface area contributed by atoms with Gasteiger partial charge < -0.3 is 5.73 Å². The van der Waals surface area contributed by atoms with Crippen LogP contribution in [0.2, 0.25) is 0 Å². The van der Waals surface area contributed by atoms with Crippen LogP contribution in [0.25, 0.3) is 0 Å². The van der Waals surface area contributed by atoms with Crippen LogP contribution in [0.4, 0.5) is 0 Å². The molecule has 0 aromatic carbocycles. The van der Waals surface area contributed by atoms with Crippen LogP contribution in [0, 0.1) is 10.8 Å². The Balaban J connectivity index is 2.04. The quantitative estimate of drug-likeness (QED) is 0.838. The summed E-state index contributed by atoms with van der Waals surface area (Å²) in [4.78, 5) is 2.76. The lowest BCUT2D eigenvalue weighted by molar-refractivity contribution is 0.0143. The van der Waals surface area contributed by atoms with E-state index in [4.69, 9.17) is 5.73 Å². The van der Waals surface area contributed by atoms with Crippen molar-refractivity contribution in [1.29, 1.82) is 0 Å². The highest BCUT2D eigenvalue weighted by Crippen LogP contribution is 2.48. The van der Waals surface area contributed by atoms with Gasteiger partial charge in [-0.2, -0.15) is 0 Å². The summed E-state index contributed by atoms with van der Waals surface area (Å²) in [5, 5.41) is 0. The van der Waals surface area contributed by atoms with E-state index in [1.807, 2.05) is 0 Å². The molecule has 1 unspecified atom stereocenters. The van der Waals surface area contributed by atoms with Crippen molar-refractivity contribution < 1.29 is 0 Å². The molecule has 1 aliphatic heterocycles. The SMILES string of the molecule is CCC1(CC)CCN(C2(CN)CCC(C)(C)C2)CC1. The molecule has 1 aliphatic carbocycles. The first-order valence-corrected chi connectivity index (χ1v) is 8.36. The van der Waals surface area contributed by atoms with Gasteiger partial charge in [0.15, 0.2) is 0 Å². The maximum absolute atomic E-state index is 6.21. The molecule has 0 bridgehead atoms. The molecular formula is C17H34N2. The molecule has 2 N–H and O–H groups in total. The second-order valence-electron chi connectivity index (χ2n) is 7.96. The minimum Gasteiger partial charge on any atom is -0.329 e. The normalized spacial score (nSPS) is 34.6. The maximum Gasteiger partial charge on any atom is 0.0337 e. The van der Waals surface area contributed by atoms with Gasteiger partial charge in [-0.15, -0.1) is 0 Å². The maximum atomic E-state index is 6.21. The summed E-state index contributed by atoms with van der Waals surface area (Å²) in [6.45, 7) is 13.0. The Hall–Kier alpha value is -0.0800. The van der Waals surface area contributed by atoms with Gasteiger partial charge in [-0.05, 0) is 56.0 Å². The average Bonchev–Trinajstić information content (AvgIpc) is 2.76. The zero-order valence-electron chi connectivity index (χ0n) is 13.6. The minimum absolute atomic E-state index is 0.317. The number of piperidine rings is 1. The predicted molar refractivity (Wildman–Crippen MR) is 83.2 cm³/mol. The second kappa shape index (κ2) is 5.37. The van der Waals surface area contributed by atoms with Crippen molar-refractivity contribution in [1.82, 2.24) is 4.90 Å². The summed E-state index contributed by atoms with van der Waals surface area (Å²) in [6, 6.07) is 0. The molecule has 112 valence electrons. The van der Waals surface area contributed by atoms with E-state index in [2.05, 4.69) is 32.6 Å². The summed E-state index contributed by atoms with van der Waals surface area (Å²) in [6.07, 6.45) is 9.39. The van der Waals surface area contributed by atoms with Crippen LogP contribution >= 0.6 is 0 Å². The van der Waals surface area contributed by atoms with E-state index in [-0.39, 0.29) is 0 Å². The summed E-state index contributed by atoms with van der Waals surface area (Å²) >= 11 is 0. The van der Waals surface area contributed by atoms with E-state index >= 15 is 0 Å². The van der Waals surface area contributed by atoms with Crippen molar-refractivity contribution in [3.8, 4) is 0 Å². The Morgan fingerprint density at radius 3 is 1.89 bits per heavy atom. The summed E-state index contributed by atoms with van der Waals surface area (Å²) in [7, 11) is 0. The van der Waals surface area contributed by atoms with Gasteiger partial charge in [0.1, 0.15) is 0 Å². The van der Waals surface area contributed by atoms with Crippen LogP contribution in [0.1, 0.15) is 72.6 Å². The van der Waals surface area contributed by atoms with Crippen molar-refractivity contribution in [3.63, 3.8) is 0 Å². The fraction of sp³-hybridized carbons (Fsp3) is 1.00. The molecule has 2 rings (SSSR count). The highest BCUT2D eigenvalue weighted by molar-refractivity contribution is 5.04. The van der Waals surface area contributed by atoms with E-state index < -0.39 is 0 Å². The highest BCUT2D eigenvalue weighted by Gasteiger charge is 2.47. The first kappa shape index (κ1) is 15.3. The first-order valence-electron chi connectivity index (χ1n) is 8.36. The Bertz CT molecular complexity index is 296. The zero-order chi connectivity index (χ0) is 14.1. The third kappa shape index (κ3) is 2.85. The van der Waals surface area contributed by atoms with Crippen molar-refractivity contribution >= 4 is 0 Å². The van der Waals surface area contributed by atoms with Crippen molar-refractivity contribution in [3.05, 3.63) is 0 Å². The molecule has 19 heavy (non-hydrogen) atoms. The Morgan fingerprint density at radius 1 is 0.947 bits per heavy atom. The highest BCUT2D eigenvalue weighted by atomic mass is 15.2. The van der Waals surface area contributed by atoms with Crippen LogP contribution < -0.4 is 5.73 Å². The molecule has 0 radical (unpaired) electrons. The van der Waals surface area contributed by atoms with Crippen molar-refractivity contribution in [2.45, 2.75) is 78.2 Å². The zero-order valence-corrected chi connectivity index (χ0v) is 13.6. The van der Waals surface area contributed by atoms with E-state index in [9.17, 15) is 0 Å². The van der Waals surface area contributed by atoms with Crippen molar-refractivity contribution in [2.75, 3.05) is 19.6 Å². The van der Waals surface area contributed by atoms with E-state index in [1.165, 1.54) is 58.0 Å². The van der Waals surface area contributed by atoms with E-state index in [1.54, 1.807) is 0 Å². The molecular weight excluding hydrogens is 232 g/mol. The molecule has 2 heteroatoms. The molecule has 0 aromatic heterocycles. The topological polar surface area (TPSA) is 29.3 Å². The number of nitrogens with two attached hydrogens (primary N) is 1. The van der Waals surface area contributed by atoms with Gasteiger partial charge in [-0.3, -0.25) is 4.90 Å². The van der Waals surface area contributed by atoms with E-state index in [0.29, 0.717) is 16.4 Å². The Labute approximate surface area is 120 Å². The smallest absolute Gasteiger partial charge is 0.0337 e. The molecule has 2 aliphatic rings. The third-order valence-electron chi connectivity index (χ3n) is 6.45. The molecule has 1 heterocycles. The van der Waals surface area contributed by atoms with Crippen LogP contribution in [0.15, 0.2) is 0 Å². The summed E-state index contributed by atoms with van der Waals surface area (Å²) in [5.74, 6) is 0. The molecule has 1 saturated carbocycles. The molecule has 2 nitrogen and oxygen atoms in total. The van der Waals surface area contributed by atoms with Gasteiger partial charge in [-0.1, -0.05) is 40.5 Å². The number of hydrogen-bond acceptors (Lipinski definition) is 2. The van der Waals surface area contributed by atoms with E-state index in [0.717, 1.165) is 6.54 Å². The van der Waals surface area contributed by atoms with Crippen LogP contribution in [-0.2, 0) is 0 Å². The average molecular weight is 266 g/mol. The number of likely N-dealkylation sites (tertiary alicyclic amines) is 1. The summed E-state index contributed by atoms with van der Waals surface area (Å²) in [5.41, 5.74) is 7.64. The lowest BCUT2D eigenvalue weighted by Crippen LogP contribution is -2.56. The van der Waals surface area contributed by atoms with Gasteiger partial charge in [0.25, 0.3) is 0 Å². The molecule has 2 fully saturated rings. The van der Waals surface area contributed by atoms with Crippen molar-refractivity contribution in [2.24, 2.45) is 16.6 Å². The first-order chi connectivity index (χ1) is 8.91. The van der Waals surface area contributed by atoms with Gasteiger partial charge >= 0.3 is 0 Å². The van der Waals surface area contributed by atoms with Gasteiger partial charge in [0.2, 0.25) is 0 Å². The summed E-state index contributed by atoms with van der Waals surface area (Å²) < 4.78 is 0. The fourth-order valence-electron chi connectivity index (χ4n) is 4.62. The number of hydrogen-bond donors (Lipinski definition) is 1. The largest absolute Gasteiger partial charge is 0.329 e. The second-order valence-corrected chi connectivity index (χ2v) is 7.96. The van der Waals surface area contributed by atoms with Gasteiger partial charge in [-0.25, -0.2) is 0 Å². The Kier molecular flexibility index (Phi) is 4.32. The molecule has 1 atom stereocenters. The molecule has 0 spiro atoms. The van der Waals surface area contributed by atoms with Gasteiger partial charge in [0, 0.05) is 12.1 Å². The van der Waals surface area contributed by atoms with Crippen LogP contribution in [0.5, 0.6) is 0 Å².